The van der Waals surface area contributed by atoms with Gasteiger partial charge in [-0.1, -0.05) is 6.92 Å². The van der Waals surface area contributed by atoms with Crippen molar-refractivity contribution in [3.63, 3.8) is 0 Å². The minimum atomic E-state index is -3.44. The largest absolute Gasteiger partial charge is 0.464 e. The second-order valence-corrected chi connectivity index (χ2v) is 7.49. The number of hydrogen-bond donors (Lipinski definition) is 1. The number of ether oxygens (including phenoxy) is 2. The normalized spacial score (nSPS) is 16.8. The van der Waals surface area contributed by atoms with E-state index < -0.39 is 16.1 Å². The maximum absolute atomic E-state index is 12.1. The highest BCUT2D eigenvalue weighted by molar-refractivity contribution is 7.89. The summed E-state index contributed by atoms with van der Waals surface area (Å²) in [5.74, 6) is 1.97. The molecule has 1 heterocycles. The summed E-state index contributed by atoms with van der Waals surface area (Å²) < 4.78 is 43.0. The number of rotatable bonds is 11. The van der Waals surface area contributed by atoms with Gasteiger partial charge in [0.25, 0.3) is 0 Å². The predicted molar refractivity (Wildman–Crippen MR) is 83.2 cm³/mol. The quantitative estimate of drug-likeness (QED) is 0.626. The van der Waals surface area contributed by atoms with Crippen LogP contribution in [-0.4, -0.2) is 41.1 Å². The Balaban J connectivity index is 1.87. The fourth-order valence-electron chi connectivity index (χ4n) is 2.09. The summed E-state index contributed by atoms with van der Waals surface area (Å²) in [6.45, 7) is 3.08. The number of methoxy groups -OCH3 is 1. The van der Waals surface area contributed by atoms with Gasteiger partial charge in [0.15, 0.2) is 0 Å². The molecule has 0 bridgehead atoms. The lowest BCUT2D eigenvalue weighted by Gasteiger charge is -2.16. The summed E-state index contributed by atoms with van der Waals surface area (Å²) in [4.78, 5) is 0. The molecule has 2 rings (SSSR count). The predicted octanol–water partition coefficient (Wildman–Crippen LogP) is 1.88. The molecule has 126 valence electrons. The Kier molecular flexibility index (Phi) is 6.43. The Morgan fingerprint density at radius 1 is 1.41 bits per heavy atom. The Morgan fingerprint density at radius 3 is 2.77 bits per heavy atom. The molecule has 0 saturated heterocycles. The van der Waals surface area contributed by atoms with Crippen molar-refractivity contribution in [1.29, 1.82) is 0 Å². The summed E-state index contributed by atoms with van der Waals surface area (Å²) >= 11 is 0. The van der Waals surface area contributed by atoms with Crippen LogP contribution in [0.1, 0.15) is 37.3 Å². The van der Waals surface area contributed by atoms with Gasteiger partial charge in [-0.2, -0.15) is 0 Å². The molecule has 1 atom stereocenters. The summed E-state index contributed by atoms with van der Waals surface area (Å²) in [6, 6.07) is 3.12. The Hall–Kier alpha value is -0.890. The van der Waals surface area contributed by atoms with Gasteiger partial charge in [0.1, 0.15) is 17.6 Å². The van der Waals surface area contributed by atoms with E-state index in [1.54, 1.807) is 6.07 Å². The molecular formula is C15H25NO5S. The van der Waals surface area contributed by atoms with Gasteiger partial charge in [0.2, 0.25) is 10.0 Å². The Bertz CT molecular complexity index is 550. The minimum absolute atomic E-state index is 0.0543. The molecule has 1 fully saturated rings. The van der Waals surface area contributed by atoms with Crippen molar-refractivity contribution in [3.8, 4) is 0 Å². The SMILES string of the molecule is CCc1ccc(C(COC)NS(=O)(=O)CCOCC2CC2)o1. The molecule has 1 N–H and O–H groups in total. The molecule has 1 saturated carbocycles. The molecule has 6 nitrogen and oxygen atoms in total. The third-order valence-corrected chi connectivity index (χ3v) is 4.92. The van der Waals surface area contributed by atoms with Crippen LogP contribution in [0.25, 0.3) is 0 Å². The van der Waals surface area contributed by atoms with Crippen LogP contribution >= 0.6 is 0 Å². The Labute approximate surface area is 132 Å². The molecule has 1 unspecified atom stereocenters. The van der Waals surface area contributed by atoms with Gasteiger partial charge in [-0.05, 0) is 30.9 Å². The van der Waals surface area contributed by atoms with E-state index in [9.17, 15) is 8.42 Å². The van der Waals surface area contributed by atoms with Crippen LogP contribution in [-0.2, 0) is 25.9 Å². The van der Waals surface area contributed by atoms with Gasteiger partial charge in [-0.3, -0.25) is 0 Å². The summed E-state index contributed by atoms with van der Waals surface area (Å²) in [7, 11) is -1.91. The molecule has 7 heteroatoms. The molecule has 0 radical (unpaired) electrons. The molecule has 22 heavy (non-hydrogen) atoms. The molecule has 1 aliphatic rings. The van der Waals surface area contributed by atoms with E-state index in [0.29, 0.717) is 18.3 Å². The highest BCUT2D eigenvalue weighted by atomic mass is 32.2. The topological polar surface area (TPSA) is 77.8 Å². The van der Waals surface area contributed by atoms with E-state index >= 15 is 0 Å². The van der Waals surface area contributed by atoms with Crippen molar-refractivity contribution < 1.29 is 22.3 Å². The van der Waals surface area contributed by atoms with Crippen LogP contribution in [0.2, 0.25) is 0 Å². The number of hydrogen-bond acceptors (Lipinski definition) is 5. The Morgan fingerprint density at radius 2 is 2.18 bits per heavy atom. The lowest BCUT2D eigenvalue weighted by molar-refractivity contribution is 0.138. The van der Waals surface area contributed by atoms with E-state index in [1.807, 2.05) is 13.0 Å². The molecular weight excluding hydrogens is 306 g/mol. The zero-order valence-corrected chi connectivity index (χ0v) is 14.0. The number of nitrogens with one attached hydrogen (secondary N) is 1. The standard InChI is InChI=1S/C15H25NO5S/c1-3-13-6-7-15(21-13)14(11-19-2)16-22(17,18)9-8-20-10-12-4-5-12/h6-7,12,14,16H,3-5,8-11H2,1-2H3. The van der Waals surface area contributed by atoms with Gasteiger partial charge < -0.3 is 13.9 Å². The van der Waals surface area contributed by atoms with Gasteiger partial charge >= 0.3 is 0 Å². The average molecular weight is 331 g/mol. The first-order valence-corrected chi connectivity index (χ1v) is 9.34. The first kappa shape index (κ1) is 17.5. The first-order chi connectivity index (χ1) is 10.5. The molecule has 1 aliphatic carbocycles. The summed E-state index contributed by atoms with van der Waals surface area (Å²) in [5.41, 5.74) is 0. The number of aryl methyl sites for hydroxylation is 1. The van der Waals surface area contributed by atoms with Crippen LogP contribution in [0.5, 0.6) is 0 Å². The number of furan rings is 1. The van der Waals surface area contributed by atoms with E-state index in [4.69, 9.17) is 13.9 Å². The first-order valence-electron chi connectivity index (χ1n) is 7.69. The second-order valence-electron chi connectivity index (χ2n) is 5.62. The molecule has 0 amide bonds. The van der Waals surface area contributed by atoms with Crippen LogP contribution in [0.4, 0.5) is 0 Å². The van der Waals surface area contributed by atoms with E-state index in [1.165, 1.54) is 20.0 Å². The zero-order chi connectivity index (χ0) is 16.0. The fraction of sp³-hybridized carbons (Fsp3) is 0.733. The second kappa shape index (κ2) is 8.10. The summed E-state index contributed by atoms with van der Waals surface area (Å²) in [6.07, 6.45) is 3.15. The lowest BCUT2D eigenvalue weighted by Crippen LogP contribution is -2.34. The number of sulfonamides is 1. The maximum atomic E-state index is 12.1. The van der Waals surface area contributed by atoms with Gasteiger partial charge in [0.05, 0.1) is 19.0 Å². The third kappa shape index (κ3) is 5.72. The zero-order valence-electron chi connectivity index (χ0n) is 13.2. The molecule has 0 spiro atoms. The third-order valence-electron chi connectivity index (χ3n) is 3.58. The van der Waals surface area contributed by atoms with Gasteiger partial charge in [-0.15, -0.1) is 0 Å². The van der Waals surface area contributed by atoms with Gasteiger partial charge in [0, 0.05) is 20.1 Å². The van der Waals surface area contributed by atoms with Crippen LogP contribution in [0.15, 0.2) is 16.5 Å². The molecule has 0 aliphatic heterocycles. The lowest BCUT2D eigenvalue weighted by atomic mass is 10.2. The van der Waals surface area contributed by atoms with Gasteiger partial charge in [-0.25, -0.2) is 13.1 Å². The van der Waals surface area contributed by atoms with E-state index in [0.717, 1.165) is 12.2 Å². The van der Waals surface area contributed by atoms with Crippen molar-refractivity contribution in [3.05, 3.63) is 23.7 Å². The molecule has 1 aromatic heterocycles. The minimum Gasteiger partial charge on any atom is -0.464 e. The maximum Gasteiger partial charge on any atom is 0.214 e. The van der Waals surface area contributed by atoms with Crippen molar-refractivity contribution in [2.24, 2.45) is 5.92 Å². The smallest absolute Gasteiger partial charge is 0.214 e. The summed E-state index contributed by atoms with van der Waals surface area (Å²) in [5, 5.41) is 0. The van der Waals surface area contributed by atoms with Crippen molar-refractivity contribution in [2.75, 3.05) is 32.7 Å². The van der Waals surface area contributed by atoms with Crippen LogP contribution < -0.4 is 4.72 Å². The molecule has 0 aromatic carbocycles. The van der Waals surface area contributed by atoms with Crippen molar-refractivity contribution in [1.82, 2.24) is 4.72 Å². The van der Waals surface area contributed by atoms with E-state index in [2.05, 4.69) is 4.72 Å². The molecule has 1 aromatic rings. The van der Waals surface area contributed by atoms with Crippen LogP contribution in [0.3, 0.4) is 0 Å². The monoisotopic (exact) mass is 331 g/mol. The van der Waals surface area contributed by atoms with Crippen molar-refractivity contribution in [2.45, 2.75) is 32.2 Å². The van der Waals surface area contributed by atoms with Crippen LogP contribution in [0, 0.1) is 5.92 Å². The fourth-order valence-corrected chi connectivity index (χ4v) is 3.16. The highest BCUT2D eigenvalue weighted by Crippen LogP contribution is 2.28. The van der Waals surface area contributed by atoms with E-state index in [-0.39, 0.29) is 19.0 Å². The highest BCUT2D eigenvalue weighted by Gasteiger charge is 2.24. The average Bonchev–Trinajstić information content (AvgIpc) is 3.17. The van der Waals surface area contributed by atoms with Crippen molar-refractivity contribution >= 4 is 10.0 Å².